The molecular formula is C28H31F5N8O2. The number of anilines is 2. The number of hydrogen-bond donors (Lipinski definition) is 3. The predicted octanol–water partition coefficient (Wildman–Crippen LogP) is 4.07. The summed E-state index contributed by atoms with van der Waals surface area (Å²) in [4.78, 5) is 19.1. The summed E-state index contributed by atoms with van der Waals surface area (Å²) >= 11 is 0. The molecule has 4 heterocycles. The van der Waals surface area contributed by atoms with Crippen molar-refractivity contribution in [3.05, 3.63) is 60.1 Å². The third-order valence-electron chi connectivity index (χ3n) is 7.65. The van der Waals surface area contributed by atoms with E-state index in [-0.39, 0.29) is 30.8 Å². The monoisotopic (exact) mass is 606 g/mol. The number of nitrogens with two attached hydrogens (primary N) is 1. The van der Waals surface area contributed by atoms with Gasteiger partial charge in [-0.25, -0.2) is 36.9 Å². The molecule has 0 bridgehead atoms. The highest BCUT2D eigenvalue weighted by Crippen LogP contribution is 2.34. The van der Waals surface area contributed by atoms with Crippen LogP contribution < -0.4 is 16.0 Å². The maximum atomic E-state index is 14.7. The van der Waals surface area contributed by atoms with Gasteiger partial charge in [-0.3, -0.25) is 4.98 Å². The fourth-order valence-corrected chi connectivity index (χ4v) is 5.19. The fourth-order valence-electron chi connectivity index (χ4n) is 5.19. The molecule has 1 aliphatic rings. The van der Waals surface area contributed by atoms with Gasteiger partial charge in [-0.05, 0) is 44.4 Å². The van der Waals surface area contributed by atoms with Crippen molar-refractivity contribution in [3.8, 4) is 11.3 Å². The number of pyridine rings is 1. The average Bonchev–Trinajstić information content (AvgIpc) is 3.38. The number of hydrogen-bond acceptors (Lipinski definition) is 9. The van der Waals surface area contributed by atoms with Gasteiger partial charge in [0.05, 0.1) is 36.0 Å². The lowest BCUT2D eigenvalue weighted by Gasteiger charge is -2.44. The molecule has 43 heavy (non-hydrogen) atoms. The highest BCUT2D eigenvalue weighted by Gasteiger charge is 2.43. The van der Waals surface area contributed by atoms with Crippen molar-refractivity contribution >= 4 is 22.7 Å². The van der Waals surface area contributed by atoms with E-state index >= 15 is 0 Å². The van der Waals surface area contributed by atoms with Crippen LogP contribution in [-0.2, 0) is 11.3 Å². The van der Waals surface area contributed by atoms with Crippen LogP contribution >= 0.6 is 0 Å². The first-order valence-corrected chi connectivity index (χ1v) is 13.4. The molecule has 0 spiro atoms. The number of aromatic nitrogens is 5. The fraction of sp³-hybridized carbons (Fsp3) is 0.429. The Morgan fingerprint density at radius 1 is 1.09 bits per heavy atom. The number of piperidine rings is 1. The van der Waals surface area contributed by atoms with Gasteiger partial charge in [-0.15, -0.1) is 0 Å². The second kappa shape index (κ2) is 11.6. The number of ether oxygens (including phenoxy) is 1. The zero-order chi connectivity index (χ0) is 31.1. The number of methoxy groups -OCH3 is 1. The third-order valence-corrected chi connectivity index (χ3v) is 7.65. The highest BCUT2D eigenvalue weighted by atomic mass is 19.3. The molecule has 0 saturated carbocycles. The van der Waals surface area contributed by atoms with Gasteiger partial charge in [0.1, 0.15) is 24.0 Å². The van der Waals surface area contributed by atoms with Gasteiger partial charge in [0, 0.05) is 31.8 Å². The third kappa shape index (κ3) is 6.10. The maximum absolute atomic E-state index is 14.7. The molecule has 3 aromatic heterocycles. The lowest BCUT2D eigenvalue weighted by Crippen LogP contribution is -2.63. The van der Waals surface area contributed by atoms with Crippen LogP contribution in [0.1, 0.15) is 32.3 Å². The van der Waals surface area contributed by atoms with Crippen LogP contribution in [-0.4, -0.2) is 73.6 Å². The van der Waals surface area contributed by atoms with E-state index in [2.05, 4.69) is 25.3 Å². The minimum atomic E-state index is -3.04. The van der Waals surface area contributed by atoms with Crippen molar-refractivity contribution < 1.29 is 31.8 Å². The molecule has 0 unspecified atom stereocenters. The molecule has 230 valence electrons. The molecule has 0 aliphatic carbocycles. The standard InChI is InChI=1S/C28H31F5N8O2/c1-27(2,43-3)39-25-22-26(37-13-36-25)41(14-38-22)11-15-7-20(16-8-18(30)19(31)9-17(16)29)35-10-21(15)40-6-4-5-28(34,12-40)23(42)24(32)33/h7-10,13-14,23-24,42H,4-6,11-12,34H2,1-3H3,(H,36,37,39)/t23-,28+/m0/s1. The second-order valence-electron chi connectivity index (χ2n) is 11.1. The topological polar surface area (TPSA) is 127 Å². The first-order chi connectivity index (χ1) is 20.3. The second-order valence-corrected chi connectivity index (χ2v) is 11.1. The Kier molecular flexibility index (Phi) is 8.24. The largest absolute Gasteiger partial charge is 0.385 e. The molecule has 2 atom stereocenters. The Labute approximate surface area is 243 Å². The summed E-state index contributed by atoms with van der Waals surface area (Å²) in [5.41, 5.74) is 5.51. The van der Waals surface area contributed by atoms with E-state index < -0.39 is 41.2 Å². The first-order valence-electron chi connectivity index (χ1n) is 13.4. The molecular weight excluding hydrogens is 575 g/mol. The van der Waals surface area contributed by atoms with Crippen LogP contribution in [0.15, 0.2) is 37.1 Å². The van der Waals surface area contributed by atoms with E-state index in [0.717, 1.165) is 6.07 Å². The molecule has 4 aromatic rings. The Morgan fingerprint density at radius 2 is 1.84 bits per heavy atom. The van der Waals surface area contributed by atoms with Crippen LogP contribution in [0.25, 0.3) is 22.4 Å². The van der Waals surface area contributed by atoms with E-state index in [1.807, 2.05) is 0 Å². The van der Waals surface area contributed by atoms with E-state index in [9.17, 15) is 27.1 Å². The molecule has 10 nitrogen and oxygen atoms in total. The number of halogens is 5. The van der Waals surface area contributed by atoms with Gasteiger partial charge in [-0.2, -0.15) is 0 Å². The summed E-state index contributed by atoms with van der Waals surface area (Å²) in [7, 11) is 1.54. The number of rotatable bonds is 9. The number of fused-ring (bicyclic) bond motifs is 1. The number of nitrogens with zero attached hydrogens (tertiary/aromatic N) is 6. The Bertz CT molecular complexity index is 1630. The SMILES string of the molecule is COC(C)(C)Nc1ncnc2c1ncn2Cc1cc(-c2cc(F)c(F)cc2F)ncc1N1CCC[C@](N)([C@@H](O)C(F)F)C1. The summed E-state index contributed by atoms with van der Waals surface area (Å²) in [6.45, 7) is 4.00. The van der Waals surface area contributed by atoms with Crippen molar-refractivity contribution in [3.63, 3.8) is 0 Å². The van der Waals surface area contributed by atoms with Crippen LogP contribution in [0.5, 0.6) is 0 Å². The Morgan fingerprint density at radius 3 is 2.56 bits per heavy atom. The molecule has 0 amide bonds. The quantitative estimate of drug-likeness (QED) is 0.147. The summed E-state index contributed by atoms with van der Waals surface area (Å²) < 4.78 is 76.6. The van der Waals surface area contributed by atoms with Crippen LogP contribution in [0, 0.1) is 17.5 Å². The highest BCUT2D eigenvalue weighted by molar-refractivity contribution is 5.83. The number of alkyl halides is 2. The molecule has 15 heteroatoms. The number of benzene rings is 1. The number of imidazole rings is 1. The van der Waals surface area contributed by atoms with Gasteiger partial charge < -0.3 is 30.4 Å². The van der Waals surface area contributed by atoms with E-state index in [1.54, 1.807) is 30.4 Å². The van der Waals surface area contributed by atoms with Gasteiger partial charge in [0.15, 0.2) is 28.6 Å². The van der Waals surface area contributed by atoms with Crippen LogP contribution in [0.4, 0.5) is 33.5 Å². The van der Waals surface area contributed by atoms with E-state index in [4.69, 9.17) is 10.5 Å². The number of nitrogens with one attached hydrogen (secondary N) is 1. The van der Waals surface area contributed by atoms with Gasteiger partial charge in [0.25, 0.3) is 6.43 Å². The minimum absolute atomic E-state index is 0.0158. The van der Waals surface area contributed by atoms with Crippen molar-refractivity contribution in [1.29, 1.82) is 0 Å². The Hall–Kier alpha value is -3.95. The van der Waals surface area contributed by atoms with E-state index in [1.165, 1.54) is 24.9 Å². The van der Waals surface area contributed by atoms with Crippen molar-refractivity contribution in [2.45, 2.75) is 57.0 Å². The molecule has 0 radical (unpaired) electrons. The summed E-state index contributed by atoms with van der Waals surface area (Å²) in [6.07, 6.45) is -0.242. The summed E-state index contributed by atoms with van der Waals surface area (Å²) in [5, 5.41) is 13.4. The van der Waals surface area contributed by atoms with Crippen molar-refractivity contribution in [2.75, 3.05) is 30.4 Å². The smallest absolute Gasteiger partial charge is 0.265 e. The molecule has 1 aliphatic heterocycles. The zero-order valence-corrected chi connectivity index (χ0v) is 23.7. The van der Waals surface area contributed by atoms with Gasteiger partial charge >= 0.3 is 0 Å². The summed E-state index contributed by atoms with van der Waals surface area (Å²) in [5.74, 6) is -3.18. The van der Waals surface area contributed by atoms with Crippen molar-refractivity contribution in [1.82, 2.24) is 24.5 Å². The number of aliphatic hydroxyl groups excluding tert-OH is 1. The molecule has 5 rings (SSSR count). The number of aliphatic hydroxyl groups is 1. The molecule has 1 fully saturated rings. The van der Waals surface area contributed by atoms with Crippen LogP contribution in [0.3, 0.4) is 0 Å². The predicted molar refractivity (Wildman–Crippen MR) is 149 cm³/mol. The van der Waals surface area contributed by atoms with Gasteiger partial charge in [-0.1, -0.05) is 0 Å². The van der Waals surface area contributed by atoms with Crippen LogP contribution in [0.2, 0.25) is 0 Å². The first kappa shape index (κ1) is 30.5. The average molecular weight is 607 g/mol. The Balaban J connectivity index is 1.59. The zero-order valence-electron chi connectivity index (χ0n) is 23.7. The lowest BCUT2D eigenvalue weighted by atomic mass is 9.84. The summed E-state index contributed by atoms with van der Waals surface area (Å²) in [6, 6.07) is 2.66. The molecule has 1 aromatic carbocycles. The molecule has 1 saturated heterocycles. The van der Waals surface area contributed by atoms with Crippen molar-refractivity contribution in [2.24, 2.45) is 5.73 Å². The lowest BCUT2D eigenvalue weighted by molar-refractivity contribution is -0.0529. The minimum Gasteiger partial charge on any atom is -0.385 e. The van der Waals surface area contributed by atoms with E-state index in [0.29, 0.717) is 47.3 Å². The normalized spacial score (nSPS) is 18.4. The maximum Gasteiger partial charge on any atom is 0.265 e. The molecule has 4 N–H and O–H groups in total. The van der Waals surface area contributed by atoms with Gasteiger partial charge in [0.2, 0.25) is 0 Å².